The zero-order valence-electron chi connectivity index (χ0n) is 20.4. The van der Waals surface area contributed by atoms with E-state index in [2.05, 4.69) is 16.4 Å². The molecule has 1 unspecified atom stereocenters. The van der Waals surface area contributed by atoms with Gasteiger partial charge in [0.2, 0.25) is 5.91 Å². The normalized spacial score (nSPS) is 15.1. The number of benzene rings is 2. The van der Waals surface area contributed by atoms with Crippen molar-refractivity contribution < 1.29 is 9.59 Å². The lowest BCUT2D eigenvalue weighted by Crippen LogP contribution is -2.47. The first kappa shape index (κ1) is 24.1. The summed E-state index contributed by atoms with van der Waals surface area (Å²) in [5.74, 6) is -0.328. The van der Waals surface area contributed by atoms with E-state index in [4.69, 9.17) is 0 Å². The molecule has 34 heavy (non-hydrogen) atoms. The highest BCUT2D eigenvalue weighted by Gasteiger charge is 2.36. The molecule has 6 heteroatoms. The van der Waals surface area contributed by atoms with Gasteiger partial charge in [0.05, 0.1) is 10.7 Å². The summed E-state index contributed by atoms with van der Waals surface area (Å²) in [7, 11) is 0. The monoisotopic (exact) mass is 475 g/mol. The van der Waals surface area contributed by atoms with E-state index in [-0.39, 0.29) is 17.9 Å². The fourth-order valence-corrected chi connectivity index (χ4v) is 5.75. The molecule has 0 saturated heterocycles. The molecule has 2 amide bonds. The quantitative estimate of drug-likeness (QED) is 0.461. The van der Waals surface area contributed by atoms with Crippen LogP contribution in [0, 0.1) is 27.7 Å². The van der Waals surface area contributed by atoms with Crippen LogP contribution in [-0.2, 0) is 4.79 Å². The van der Waals surface area contributed by atoms with E-state index >= 15 is 0 Å². The number of carbonyl (C=O) groups is 2. The van der Waals surface area contributed by atoms with Gasteiger partial charge >= 0.3 is 0 Å². The average Bonchev–Trinajstić information content (AvgIpc) is 3.15. The molecule has 1 aliphatic rings. The number of nitrogens with one attached hydrogen (secondary N) is 1. The zero-order chi connectivity index (χ0) is 24.2. The highest BCUT2D eigenvalue weighted by molar-refractivity contribution is 7.13. The number of hydrogen-bond donors (Lipinski definition) is 1. The molecule has 4 rings (SSSR count). The van der Waals surface area contributed by atoms with Crippen molar-refractivity contribution in [3.63, 3.8) is 0 Å². The van der Waals surface area contributed by atoms with Crippen molar-refractivity contribution in [3.8, 4) is 0 Å². The summed E-state index contributed by atoms with van der Waals surface area (Å²) < 4.78 is 0. The number of nitrogens with zero attached hydrogens (tertiary/aromatic N) is 2. The molecule has 5 nitrogen and oxygen atoms in total. The van der Waals surface area contributed by atoms with Crippen LogP contribution in [0.2, 0.25) is 0 Å². The maximum Gasteiger partial charge on any atom is 0.271 e. The van der Waals surface area contributed by atoms with Crippen LogP contribution in [-0.4, -0.2) is 22.8 Å². The van der Waals surface area contributed by atoms with Gasteiger partial charge in [-0.15, -0.1) is 11.3 Å². The molecule has 1 atom stereocenters. The summed E-state index contributed by atoms with van der Waals surface area (Å²) in [6.45, 7) is 7.79. The Kier molecular flexibility index (Phi) is 7.47. The van der Waals surface area contributed by atoms with Crippen LogP contribution in [0.5, 0.6) is 0 Å². The molecule has 0 spiro atoms. The van der Waals surface area contributed by atoms with Crippen molar-refractivity contribution in [1.82, 2.24) is 10.3 Å². The number of hydrogen-bond acceptors (Lipinski definition) is 4. The summed E-state index contributed by atoms with van der Waals surface area (Å²) in [5.41, 5.74) is 4.30. The third-order valence-electron chi connectivity index (χ3n) is 6.37. The average molecular weight is 476 g/mol. The van der Waals surface area contributed by atoms with Crippen LogP contribution in [0.4, 0.5) is 5.69 Å². The van der Waals surface area contributed by atoms with Crippen LogP contribution in [0.25, 0.3) is 0 Å². The van der Waals surface area contributed by atoms with Crippen molar-refractivity contribution in [1.29, 1.82) is 0 Å². The third kappa shape index (κ3) is 5.39. The first-order valence-corrected chi connectivity index (χ1v) is 12.9. The van der Waals surface area contributed by atoms with E-state index in [0.29, 0.717) is 10.6 Å². The van der Waals surface area contributed by atoms with Crippen molar-refractivity contribution in [2.24, 2.45) is 0 Å². The van der Waals surface area contributed by atoms with Gasteiger partial charge in [0.15, 0.2) is 0 Å². The molecule has 1 aromatic heterocycles. The molecular formula is C28H33N3O2S. The van der Waals surface area contributed by atoms with E-state index in [1.807, 2.05) is 70.2 Å². The Hall–Kier alpha value is -2.99. The van der Waals surface area contributed by atoms with Gasteiger partial charge in [0, 0.05) is 11.7 Å². The third-order valence-corrected chi connectivity index (χ3v) is 7.44. The second-order valence-electron chi connectivity index (χ2n) is 9.33. The first-order chi connectivity index (χ1) is 16.3. The molecule has 1 saturated carbocycles. The van der Waals surface area contributed by atoms with Gasteiger partial charge in [-0.3, -0.25) is 14.5 Å². The molecule has 1 N–H and O–H groups in total. The molecule has 0 aliphatic heterocycles. The van der Waals surface area contributed by atoms with E-state index in [9.17, 15) is 9.59 Å². The van der Waals surface area contributed by atoms with Gasteiger partial charge < -0.3 is 5.32 Å². The van der Waals surface area contributed by atoms with Crippen molar-refractivity contribution in [2.75, 3.05) is 4.90 Å². The Morgan fingerprint density at radius 1 is 0.971 bits per heavy atom. The molecule has 178 valence electrons. The topological polar surface area (TPSA) is 62.3 Å². The molecule has 2 aromatic carbocycles. The Morgan fingerprint density at radius 3 is 2.21 bits per heavy atom. The highest BCUT2D eigenvalue weighted by atomic mass is 32.1. The minimum Gasteiger partial charge on any atom is -0.351 e. The minimum atomic E-state index is -0.779. The molecule has 0 radical (unpaired) electrons. The predicted molar refractivity (Wildman–Crippen MR) is 139 cm³/mol. The number of amides is 2. The van der Waals surface area contributed by atoms with Gasteiger partial charge in [0.1, 0.15) is 10.9 Å². The summed E-state index contributed by atoms with van der Waals surface area (Å²) in [6.07, 6.45) is 5.43. The lowest BCUT2D eigenvalue weighted by atomic mass is 9.94. The van der Waals surface area contributed by atoms with Crippen molar-refractivity contribution in [2.45, 2.75) is 71.9 Å². The van der Waals surface area contributed by atoms with Gasteiger partial charge in [-0.1, -0.05) is 55.7 Å². The largest absolute Gasteiger partial charge is 0.351 e. The fourth-order valence-electron chi connectivity index (χ4n) is 4.89. The van der Waals surface area contributed by atoms with Crippen molar-refractivity contribution >= 4 is 28.8 Å². The molecule has 3 aromatic rings. The number of thiazole rings is 1. The van der Waals surface area contributed by atoms with E-state index < -0.39 is 6.04 Å². The van der Waals surface area contributed by atoms with Crippen LogP contribution >= 0.6 is 11.3 Å². The van der Waals surface area contributed by atoms with Crippen LogP contribution < -0.4 is 10.2 Å². The highest BCUT2D eigenvalue weighted by Crippen LogP contribution is 2.33. The SMILES string of the molecule is Cc1cc(C)cc(N(C(=O)c2sc(C)nc2C)C(C(=O)NC2CCCCC2)c2ccccc2)c1. The molecular weight excluding hydrogens is 442 g/mol. The number of carbonyl (C=O) groups excluding carboxylic acids is 2. The molecule has 1 fully saturated rings. The standard InChI is InChI=1S/C28H33N3O2S/c1-18-15-19(2)17-24(16-18)31(28(33)26-20(3)29-21(4)34-26)25(22-11-7-5-8-12-22)27(32)30-23-13-9-6-10-14-23/h5,7-8,11-12,15-17,23,25H,6,9-10,13-14H2,1-4H3,(H,30,32). The Morgan fingerprint density at radius 2 is 1.62 bits per heavy atom. The number of aromatic nitrogens is 1. The number of rotatable bonds is 6. The Bertz CT molecular complexity index is 1150. The summed E-state index contributed by atoms with van der Waals surface area (Å²) >= 11 is 1.38. The van der Waals surface area contributed by atoms with Crippen LogP contribution in [0.3, 0.4) is 0 Å². The number of aryl methyl sites for hydroxylation is 4. The van der Waals surface area contributed by atoms with Gasteiger partial charge in [-0.05, 0) is 69.4 Å². The van der Waals surface area contributed by atoms with Gasteiger partial charge in [-0.2, -0.15) is 0 Å². The van der Waals surface area contributed by atoms with E-state index in [1.54, 1.807) is 4.90 Å². The first-order valence-electron chi connectivity index (χ1n) is 12.0. The molecule has 0 bridgehead atoms. The number of anilines is 1. The molecule has 1 aliphatic carbocycles. The maximum atomic E-state index is 14.1. The zero-order valence-corrected chi connectivity index (χ0v) is 21.2. The second kappa shape index (κ2) is 10.5. The smallest absolute Gasteiger partial charge is 0.271 e. The second-order valence-corrected chi connectivity index (χ2v) is 10.5. The lowest BCUT2D eigenvalue weighted by Gasteiger charge is -2.33. The Balaban J connectivity index is 1.84. The molecule has 1 heterocycles. The summed E-state index contributed by atoms with van der Waals surface area (Å²) in [5, 5.41) is 4.12. The summed E-state index contributed by atoms with van der Waals surface area (Å²) in [4.78, 5) is 34.8. The van der Waals surface area contributed by atoms with Gasteiger partial charge in [-0.25, -0.2) is 4.98 Å². The minimum absolute atomic E-state index is 0.135. The van der Waals surface area contributed by atoms with E-state index in [0.717, 1.165) is 53.1 Å². The van der Waals surface area contributed by atoms with E-state index in [1.165, 1.54) is 17.8 Å². The predicted octanol–water partition coefficient (Wildman–Crippen LogP) is 6.21. The fraction of sp³-hybridized carbons (Fsp3) is 0.393. The van der Waals surface area contributed by atoms with Crippen molar-refractivity contribution in [3.05, 3.63) is 80.8 Å². The van der Waals surface area contributed by atoms with Gasteiger partial charge in [0.25, 0.3) is 5.91 Å². The summed E-state index contributed by atoms with van der Waals surface area (Å²) in [6, 6.07) is 15.0. The maximum absolute atomic E-state index is 14.1. The van der Waals surface area contributed by atoms with Crippen LogP contribution in [0.15, 0.2) is 48.5 Å². The van der Waals surface area contributed by atoms with Crippen LogP contribution in [0.1, 0.15) is 75.2 Å². The lowest BCUT2D eigenvalue weighted by molar-refractivity contribution is -0.123. The Labute approximate surface area is 206 Å².